The summed E-state index contributed by atoms with van der Waals surface area (Å²) in [5.41, 5.74) is 0.627. The minimum absolute atomic E-state index is 0.0249. The molecule has 164 valence electrons. The van der Waals surface area contributed by atoms with E-state index in [1.807, 2.05) is 19.0 Å². The number of nitrogens with zero attached hydrogens (tertiary/aromatic N) is 1. The summed E-state index contributed by atoms with van der Waals surface area (Å²) in [6, 6.07) is 5.59. The molecule has 1 aromatic carbocycles. The van der Waals surface area contributed by atoms with Crippen LogP contribution in [0.2, 0.25) is 0 Å². The number of unbranched alkanes of at least 4 members (excludes halogenated alkanes) is 3. The standard InChI is InChI=1S/C23H38N2O4/c1-24-15-7-5-6-8-16-29-20-12-10-19(11-13-20)25(2)23(26)18-9-14-21(27-3)22(17-18)28-4/h9,14,17,19-20,24H,5-8,10-13,15-16H2,1-4H3. The van der Waals surface area contributed by atoms with Crippen LogP contribution in [-0.4, -0.2) is 64.4 Å². The maximum absolute atomic E-state index is 12.9. The Morgan fingerprint density at radius 1 is 1.03 bits per heavy atom. The van der Waals surface area contributed by atoms with Gasteiger partial charge in [-0.05, 0) is 70.3 Å². The van der Waals surface area contributed by atoms with E-state index >= 15 is 0 Å². The lowest BCUT2D eigenvalue weighted by molar-refractivity contribution is 0.00910. The molecule has 0 spiro atoms. The highest BCUT2D eigenvalue weighted by Gasteiger charge is 2.27. The van der Waals surface area contributed by atoms with E-state index in [-0.39, 0.29) is 11.9 Å². The van der Waals surface area contributed by atoms with E-state index in [2.05, 4.69) is 5.32 Å². The van der Waals surface area contributed by atoms with Crippen LogP contribution in [0, 0.1) is 0 Å². The maximum Gasteiger partial charge on any atom is 0.253 e. The van der Waals surface area contributed by atoms with E-state index in [4.69, 9.17) is 14.2 Å². The summed E-state index contributed by atoms with van der Waals surface area (Å²) in [6.07, 6.45) is 9.24. The molecule has 6 heteroatoms. The van der Waals surface area contributed by atoms with Crippen LogP contribution in [0.3, 0.4) is 0 Å². The zero-order valence-electron chi connectivity index (χ0n) is 18.5. The van der Waals surface area contributed by atoms with Gasteiger partial charge in [0.2, 0.25) is 0 Å². The van der Waals surface area contributed by atoms with Gasteiger partial charge in [0.05, 0.1) is 20.3 Å². The van der Waals surface area contributed by atoms with Crippen molar-refractivity contribution in [2.75, 3.05) is 41.5 Å². The first-order valence-electron chi connectivity index (χ1n) is 10.9. The summed E-state index contributed by atoms with van der Waals surface area (Å²) in [5.74, 6) is 1.23. The Labute approximate surface area is 175 Å². The van der Waals surface area contributed by atoms with Crippen molar-refractivity contribution in [1.29, 1.82) is 0 Å². The molecule has 1 aromatic rings. The molecule has 6 nitrogen and oxygen atoms in total. The Morgan fingerprint density at radius 2 is 1.72 bits per heavy atom. The Hall–Kier alpha value is -1.79. The van der Waals surface area contributed by atoms with Gasteiger partial charge in [-0.1, -0.05) is 12.8 Å². The van der Waals surface area contributed by atoms with E-state index in [0.717, 1.165) is 45.3 Å². The van der Waals surface area contributed by atoms with Crippen molar-refractivity contribution in [3.05, 3.63) is 23.8 Å². The summed E-state index contributed by atoms with van der Waals surface area (Å²) >= 11 is 0. The number of rotatable bonds is 12. The van der Waals surface area contributed by atoms with Crippen LogP contribution < -0.4 is 14.8 Å². The Morgan fingerprint density at radius 3 is 2.38 bits per heavy atom. The summed E-state index contributed by atoms with van der Waals surface area (Å²) in [7, 11) is 7.07. The minimum Gasteiger partial charge on any atom is -0.493 e. The number of carbonyl (C=O) groups is 1. The van der Waals surface area contributed by atoms with Gasteiger partial charge in [-0.3, -0.25) is 4.79 Å². The molecule has 1 N–H and O–H groups in total. The molecule has 0 heterocycles. The highest BCUT2D eigenvalue weighted by atomic mass is 16.5. The minimum atomic E-state index is 0.0249. The molecule has 0 atom stereocenters. The molecule has 0 saturated heterocycles. The molecule has 29 heavy (non-hydrogen) atoms. The number of hydrogen-bond donors (Lipinski definition) is 1. The molecule has 2 rings (SSSR count). The first kappa shape index (κ1) is 23.5. The van der Waals surface area contributed by atoms with E-state index in [1.54, 1.807) is 32.4 Å². The molecule has 1 fully saturated rings. The van der Waals surface area contributed by atoms with Crippen molar-refractivity contribution in [3.8, 4) is 11.5 Å². The monoisotopic (exact) mass is 406 g/mol. The van der Waals surface area contributed by atoms with Crippen molar-refractivity contribution in [2.45, 2.75) is 63.5 Å². The van der Waals surface area contributed by atoms with E-state index in [0.29, 0.717) is 23.2 Å². The zero-order valence-corrected chi connectivity index (χ0v) is 18.5. The SMILES string of the molecule is CNCCCCCCOC1CCC(N(C)C(=O)c2ccc(OC)c(OC)c2)CC1. The third kappa shape index (κ3) is 7.19. The molecule has 0 aromatic heterocycles. The van der Waals surface area contributed by atoms with Crippen molar-refractivity contribution in [3.63, 3.8) is 0 Å². The number of hydrogen-bond acceptors (Lipinski definition) is 5. The molecular weight excluding hydrogens is 368 g/mol. The lowest BCUT2D eigenvalue weighted by Crippen LogP contribution is -2.40. The second kappa shape index (κ2) is 12.7. The lowest BCUT2D eigenvalue weighted by atomic mass is 9.91. The van der Waals surface area contributed by atoms with Crippen LogP contribution >= 0.6 is 0 Å². The third-order valence-electron chi connectivity index (χ3n) is 5.82. The molecule has 1 aliphatic rings. The lowest BCUT2D eigenvalue weighted by Gasteiger charge is -2.34. The summed E-state index contributed by atoms with van der Waals surface area (Å²) in [5, 5.41) is 3.18. The number of methoxy groups -OCH3 is 2. The molecule has 0 radical (unpaired) electrons. The first-order chi connectivity index (χ1) is 14.1. The molecule has 1 amide bonds. The van der Waals surface area contributed by atoms with Crippen LogP contribution in [0.1, 0.15) is 61.7 Å². The van der Waals surface area contributed by atoms with Gasteiger partial charge >= 0.3 is 0 Å². The van der Waals surface area contributed by atoms with Gasteiger partial charge in [-0.15, -0.1) is 0 Å². The van der Waals surface area contributed by atoms with Crippen LogP contribution in [0.4, 0.5) is 0 Å². The second-order valence-corrected chi connectivity index (χ2v) is 7.80. The fourth-order valence-corrected chi connectivity index (χ4v) is 3.95. The molecule has 0 unspecified atom stereocenters. The molecule has 1 saturated carbocycles. The Bertz CT molecular complexity index is 615. The van der Waals surface area contributed by atoms with Gasteiger partial charge in [0.25, 0.3) is 5.91 Å². The van der Waals surface area contributed by atoms with E-state index < -0.39 is 0 Å². The molecule has 0 aliphatic heterocycles. The van der Waals surface area contributed by atoms with Crippen molar-refractivity contribution in [2.24, 2.45) is 0 Å². The average molecular weight is 407 g/mol. The summed E-state index contributed by atoms with van der Waals surface area (Å²) in [6.45, 7) is 1.95. The number of benzene rings is 1. The maximum atomic E-state index is 12.9. The Kier molecular flexibility index (Phi) is 10.3. The fraction of sp³-hybridized carbons (Fsp3) is 0.696. The fourth-order valence-electron chi connectivity index (χ4n) is 3.95. The van der Waals surface area contributed by atoms with Crippen LogP contribution in [0.15, 0.2) is 18.2 Å². The number of carbonyl (C=O) groups excluding carboxylic acids is 1. The van der Waals surface area contributed by atoms with Gasteiger partial charge in [-0.25, -0.2) is 0 Å². The normalized spacial score (nSPS) is 19.0. The topological polar surface area (TPSA) is 60.0 Å². The van der Waals surface area contributed by atoms with Crippen molar-refractivity contribution in [1.82, 2.24) is 10.2 Å². The number of amides is 1. The van der Waals surface area contributed by atoms with E-state index in [9.17, 15) is 4.79 Å². The predicted molar refractivity (Wildman–Crippen MR) is 116 cm³/mol. The van der Waals surface area contributed by atoms with Crippen molar-refractivity contribution >= 4 is 5.91 Å². The van der Waals surface area contributed by atoms with E-state index in [1.165, 1.54) is 19.3 Å². The highest BCUT2D eigenvalue weighted by molar-refractivity contribution is 5.95. The van der Waals surface area contributed by atoms with Crippen LogP contribution in [0.5, 0.6) is 11.5 Å². The quantitative estimate of drug-likeness (QED) is 0.534. The predicted octanol–water partition coefficient (Wildman–Crippen LogP) is 3.88. The molecular formula is C23H38N2O4. The number of nitrogens with one attached hydrogen (secondary N) is 1. The zero-order chi connectivity index (χ0) is 21.1. The largest absolute Gasteiger partial charge is 0.493 e. The van der Waals surface area contributed by atoms with Gasteiger partial charge in [-0.2, -0.15) is 0 Å². The average Bonchev–Trinajstić information content (AvgIpc) is 2.77. The van der Waals surface area contributed by atoms with Gasteiger partial charge in [0.15, 0.2) is 11.5 Å². The van der Waals surface area contributed by atoms with Gasteiger partial charge in [0, 0.05) is 25.3 Å². The van der Waals surface area contributed by atoms with Crippen molar-refractivity contribution < 1.29 is 19.0 Å². The smallest absolute Gasteiger partial charge is 0.253 e. The highest BCUT2D eigenvalue weighted by Crippen LogP contribution is 2.30. The second-order valence-electron chi connectivity index (χ2n) is 7.80. The number of ether oxygens (including phenoxy) is 3. The molecule has 0 bridgehead atoms. The summed E-state index contributed by atoms with van der Waals surface area (Å²) in [4.78, 5) is 14.8. The molecule has 1 aliphatic carbocycles. The first-order valence-corrected chi connectivity index (χ1v) is 10.9. The summed E-state index contributed by atoms with van der Waals surface area (Å²) < 4.78 is 16.7. The van der Waals surface area contributed by atoms with Crippen LogP contribution in [-0.2, 0) is 4.74 Å². The third-order valence-corrected chi connectivity index (χ3v) is 5.82. The Balaban J connectivity index is 1.74. The van der Waals surface area contributed by atoms with Gasteiger partial charge < -0.3 is 24.4 Å². The van der Waals surface area contributed by atoms with Gasteiger partial charge in [0.1, 0.15) is 0 Å². The van der Waals surface area contributed by atoms with Crippen LogP contribution in [0.25, 0.3) is 0 Å².